The molecule has 140 valence electrons. The molecule has 2 amide bonds. The number of anilines is 1. The molecule has 2 aromatic rings. The number of carbonyl (C=O) groups excluding carboxylic acids is 1. The van der Waals surface area contributed by atoms with Gasteiger partial charge in [0, 0.05) is 32.2 Å². The number of carbonyl (C=O) groups is 1. The van der Waals surface area contributed by atoms with Crippen LogP contribution in [0.5, 0.6) is 0 Å². The van der Waals surface area contributed by atoms with E-state index in [0.29, 0.717) is 6.04 Å². The van der Waals surface area contributed by atoms with E-state index in [4.69, 9.17) is 0 Å². The summed E-state index contributed by atoms with van der Waals surface area (Å²) in [7, 11) is 1.89. The van der Waals surface area contributed by atoms with Crippen molar-refractivity contribution in [1.29, 1.82) is 0 Å². The van der Waals surface area contributed by atoms with Crippen molar-refractivity contribution in [2.45, 2.75) is 57.0 Å². The van der Waals surface area contributed by atoms with Gasteiger partial charge in [0.05, 0.1) is 11.6 Å². The molecule has 4 rings (SSSR count). The largest absolute Gasteiger partial charge is 0.356 e. The molecule has 3 heterocycles. The fourth-order valence-corrected chi connectivity index (χ4v) is 4.10. The van der Waals surface area contributed by atoms with Gasteiger partial charge in [-0.05, 0) is 25.7 Å². The minimum absolute atomic E-state index is 0.00737. The Balaban J connectivity index is 1.31. The van der Waals surface area contributed by atoms with Crippen LogP contribution in [0.15, 0.2) is 12.5 Å². The fraction of sp³-hybridized carbons (Fsp3) is 0.667. The average molecular weight is 357 g/mol. The van der Waals surface area contributed by atoms with Crippen LogP contribution in [0.4, 0.5) is 10.6 Å². The van der Waals surface area contributed by atoms with Crippen LogP contribution >= 0.6 is 0 Å². The molecule has 0 radical (unpaired) electrons. The van der Waals surface area contributed by atoms with Gasteiger partial charge < -0.3 is 15.5 Å². The van der Waals surface area contributed by atoms with Crippen molar-refractivity contribution in [1.82, 2.24) is 30.4 Å². The van der Waals surface area contributed by atoms with E-state index in [1.165, 1.54) is 19.3 Å². The van der Waals surface area contributed by atoms with Crippen LogP contribution in [0.3, 0.4) is 0 Å². The number of nitrogens with one attached hydrogen (secondary N) is 2. The number of hydrogen-bond acceptors (Lipinski definition) is 5. The number of urea groups is 1. The Hall–Kier alpha value is -2.38. The standard InChI is InChI=1S/C18H27N7O/c1-24-16-15(11-21-24)17(20-12-19-16)25-9-7-14(8-10-25)23-18(26)22-13-5-3-2-4-6-13/h11-14H,2-10H2,1H3,(H2,22,23,26). The topological polar surface area (TPSA) is 88.0 Å². The maximum Gasteiger partial charge on any atom is 0.315 e. The molecule has 26 heavy (non-hydrogen) atoms. The van der Waals surface area contributed by atoms with Gasteiger partial charge in [0.2, 0.25) is 0 Å². The molecule has 0 aromatic carbocycles. The van der Waals surface area contributed by atoms with Gasteiger partial charge in [-0.25, -0.2) is 14.8 Å². The highest BCUT2D eigenvalue weighted by Gasteiger charge is 2.24. The maximum atomic E-state index is 12.2. The minimum atomic E-state index is -0.00737. The first-order valence-electron chi connectivity index (χ1n) is 9.65. The summed E-state index contributed by atoms with van der Waals surface area (Å²) in [6.45, 7) is 1.74. The number of piperidine rings is 1. The zero-order valence-electron chi connectivity index (χ0n) is 15.3. The van der Waals surface area contributed by atoms with Crippen LogP contribution in [0.1, 0.15) is 44.9 Å². The van der Waals surface area contributed by atoms with E-state index in [-0.39, 0.29) is 12.1 Å². The molecule has 2 N–H and O–H groups in total. The predicted molar refractivity (Wildman–Crippen MR) is 100 cm³/mol. The van der Waals surface area contributed by atoms with Crippen molar-refractivity contribution in [3.8, 4) is 0 Å². The van der Waals surface area contributed by atoms with Gasteiger partial charge >= 0.3 is 6.03 Å². The molecule has 0 atom stereocenters. The lowest BCUT2D eigenvalue weighted by molar-refractivity contribution is 0.226. The third kappa shape index (κ3) is 3.59. The Morgan fingerprint density at radius 2 is 1.73 bits per heavy atom. The quantitative estimate of drug-likeness (QED) is 0.877. The van der Waals surface area contributed by atoms with Gasteiger partial charge in [0.15, 0.2) is 5.65 Å². The second-order valence-corrected chi connectivity index (χ2v) is 7.42. The molecule has 8 heteroatoms. The molecule has 0 spiro atoms. The SMILES string of the molecule is Cn1ncc2c(N3CCC(NC(=O)NC4CCCCC4)CC3)ncnc21. The number of hydrogen-bond donors (Lipinski definition) is 2. The van der Waals surface area contributed by atoms with Crippen LogP contribution in [0.25, 0.3) is 11.0 Å². The van der Waals surface area contributed by atoms with E-state index in [0.717, 1.165) is 55.6 Å². The first-order chi connectivity index (χ1) is 12.7. The van der Waals surface area contributed by atoms with Crippen molar-refractivity contribution in [2.24, 2.45) is 7.05 Å². The van der Waals surface area contributed by atoms with E-state index in [2.05, 4.69) is 30.6 Å². The zero-order valence-corrected chi connectivity index (χ0v) is 15.3. The van der Waals surface area contributed by atoms with Crippen molar-refractivity contribution in [3.05, 3.63) is 12.5 Å². The third-order valence-corrected chi connectivity index (χ3v) is 5.58. The molecule has 1 saturated carbocycles. The van der Waals surface area contributed by atoms with E-state index in [1.807, 2.05) is 13.2 Å². The van der Waals surface area contributed by atoms with Crippen LogP contribution in [0.2, 0.25) is 0 Å². The summed E-state index contributed by atoms with van der Waals surface area (Å²) in [4.78, 5) is 23.3. The molecule has 2 aliphatic rings. The summed E-state index contributed by atoms with van der Waals surface area (Å²) in [5.41, 5.74) is 0.849. The predicted octanol–water partition coefficient (Wildman–Crippen LogP) is 1.96. The molecule has 8 nitrogen and oxygen atoms in total. The highest BCUT2D eigenvalue weighted by molar-refractivity contribution is 5.86. The van der Waals surface area contributed by atoms with E-state index < -0.39 is 0 Å². The van der Waals surface area contributed by atoms with Gasteiger partial charge in [-0.15, -0.1) is 0 Å². The zero-order chi connectivity index (χ0) is 17.9. The summed E-state index contributed by atoms with van der Waals surface area (Å²) >= 11 is 0. The van der Waals surface area contributed by atoms with Crippen molar-refractivity contribution in [2.75, 3.05) is 18.0 Å². The third-order valence-electron chi connectivity index (χ3n) is 5.58. The van der Waals surface area contributed by atoms with E-state index in [9.17, 15) is 4.79 Å². The van der Waals surface area contributed by atoms with Crippen molar-refractivity contribution >= 4 is 22.9 Å². The van der Waals surface area contributed by atoms with Gasteiger partial charge in [-0.2, -0.15) is 5.10 Å². The molecule has 0 bridgehead atoms. The monoisotopic (exact) mass is 357 g/mol. The molecule has 0 unspecified atom stereocenters. The van der Waals surface area contributed by atoms with Crippen LogP contribution < -0.4 is 15.5 Å². The molecular weight excluding hydrogens is 330 g/mol. The Morgan fingerprint density at radius 1 is 1.04 bits per heavy atom. The number of amides is 2. The van der Waals surface area contributed by atoms with Crippen LogP contribution in [-0.2, 0) is 7.05 Å². The van der Waals surface area contributed by atoms with E-state index >= 15 is 0 Å². The molecule has 1 aliphatic carbocycles. The molecule has 2 fully saturated rings. The Bertz CT molecular complexity index is 760. The highest BCUT2D eigenvalue weighted by Crippen LogP contribution is 2.25. The Labute approximate surface area is 153 Å². The normalized spacial score (nSPS) is 19.7. The summed E-state index contributed by atoms with van der Waals surface area (Å²) in [6.07, 6.45) is 11.2. The Kier molecular flexibility index (Phi) is 4.90. The number of rotatable bonds is 3. The molecule has 1 saturated heterocycles. The van der Waals surface area contributed by atoms with Crippen molar-refractivity contribution < 1.29 is 4.79 Å². The summed E-state index contributed by atoms with van der Waals surface area (Å²) in [5.74, 6) is 0.938. The smallest absolute Gasteiger partial charge is 0.315 e. The Morgan fingerprint density at radius 3 is 2.46 bits per heavy atom. The number of fused-ring (bicyclic) bond motifs is 1. The lowest BCUT2D eigenvalue weighted by atomic mass is 9.96. The molecule has 1 aliphatic heterocycles. The second kappa shape index (κ2) is 7.47. The van der Waals surface area contributed by atoms with Gasteiger partial charge in [0.25, 0.3) is 0 Å². The summed E-state index contributed by atoms with van der Waals surface area (Å²) < 4.78 is 1.77. The average Bonchev–Trinajstić information content (AvgIpc) is 3.04. The highest BCUT2D eigenvalue weighted by atomic mass is 16.2. The lowest BCUT2D eigenvalue weighted by Crippen LogP contribution is -2.50. The van der Waals surface area contributed by atoms with Gasteiger partial charge in [0.1, 0.15) is 12.1 Å². The van der Waals surface area contributed by atoms with Crippen LogP contribution in [0, 0.1) is 0 Å². The first kappa shape index (κ1) is 17.1. The minimum Gasteiger partial charge on any atom is -0.356 e. The summed E-state index contributed by atoms with van der Waals surface area (Å²) in [6, 6.07) is 0.567. The van der Waals surface area contributed by atoms with E-state index in [1.54, 1.807) is 11.0 Å². The lowest BCUT2D eigenvalue weighted by Gasteiger charge is -2.33. The van der Waals surface area contributed by atoms with Gasteiger partial charge in [-0.1, -0.05) is 19.3 Å². The van der Waals surface area contributed by atoms with Crippen LogP contribution in [-0.4, -0.2) is 51.0 Å². The number of nitrogens with zero attached hydrogens (tertiary/aromatic N) is 5. The first-order valence-corrected chi connectivity index (χ1v) is 9.65. The molecule has 2 aromatic heterocycles. The second-order valence-electron chi connectivity index (χ2n) is 7.42. The fourth-order valence-electron chi connectivity index (χ4n) is 4.10. The number of aryl methyl sites for hydroxylation is 1. The van der Waals surface area contributed by atoms with Gasteiger partial charge in [-0.3, -0.25) is 4.68 Å². The maximum absolute atomic E-state index is 12.2. The number of aromatic nitrogens is 4. The van der Waals surface area contributed by atoms with Crippen molar-refractivity contribution in [3.63, 3.8) is 0 Å². The molecular formula is C18H27N7O. The summed E-state index contributed by atoms with van der Waals surface area (Å²) in [5, 5.41) is 11.6.